The molecule has 8 heteroatoms. The van der Waals surface area contributed by atoms with Gasteiger partial charge in [0.1, 0.15) is 10.0 Å². The molecule has 2 N–H and O–H groups in total. The summed E-state index contributed by atoms with van der Waals surface area (Å²) < 4.78 is 0. The molecule has 1 aromatic carbocycles. The van der Waals surface area contributed by atoms with Gasteiger partial charge in [0.05, 0.1) is 24.5 Å². The first-order valence-corrected chi connectivity index (χ1v) is 10.9. The normalized spacial score (nSPS) is 11.4. The SMILES string of the molecule is CCNC(=NCc1nc(C(C)C)cs1)NCc1nc(-c2ccccc2)cs1.I. The lowest BCUT2D eigenvalue weighted by Crippen LogP contribution is -2.36. The molecule has 28 heavy (non-hydrogen) atoms. The van der Waals surface area contributed by atoms with Gasteiger partial charge in [0.2, 0.25) is 0 Å². The van der Waals surface area contributed by atoms with Crippen LogP contribution in [-0.2, 0) is 13.1 Å². The van der Waals surface area contributed by atoms with Crippen molar-refractivity contribution in [2.45, 2.75) is 39.8 Å². The second kappa shape index (κ2) is 11.5. The largest absolute Gasteiger partial charge is 0.357 e. The van der Waals surface area contributed by atoms with Gasteiger partial charge < -0.3 is 10.6 Å². The molecule has 2 aromatic heterocycles. The van der Waals surface area contributed by atoms with Gasteiger partial charge in [-0.3, -0.25) is 0 Å². The van der Waals surface area contributed by atoms with Gasteiger partial charge in [0, 0.05) is 22.9 Å². The molecule has 150 valence electrons. The van der Waals surface area contributed by atoms with Crippen molar-refractivity contribution in [3.8, 4) is 11.3 Å². The number of hydrogen-bond acceptors (Lipinski definition) is 5. The molecule has 2 heterocycles. The minimum absolute atomic E-state index is 0. The number of nitrogens with one attached hydrogen (secondary N) is 2. The van der Waals surface area contributed by atoms with Crippen molar-refractivity contribution < 1.29 is 0 Å². The summed E-state index contributed by atoms with van der Waals surface area (Å²) in [6.07, 6.45) is 0. The number of thiazole rings is 2. The van der Waals surface area contributed by atoms with Crippen molar-refractivity contribution in [2.24, 2.45) is 4.99 Å². The summed E-state index contributed by atoms with van der Waals surface area (Å²) in [7, 11) is 0. The Kier molecular flexibility index (Phi) is 9.33. The molecular formula is C20H26IN5S2. The molecule has 0 aliphatic heterocycles. The maximum atomic E-state index is 4.72. The number of halogens is 1. The van der Waals surface area contributed by atoms with E-state index in [1.165, 1.54) is 0 Å². The Balaban J connectivity index is 0.00000280. The summed E-state index contributed by atoms with van der Waals surface area (Å²) in [4.78, 5) is 14.0. The van der Waals surface area contributed by atoms with E-state index in [2.05, 4.69) is 64.3 Å². The number of aromatic nitrogens is 2. The summed E-state index contributed by atoms with van der Waals surface area (Å²) in [5.74, 6) is 1.24. The molecule has 0 bridgehead atoms. The third-order valence-corrected chi connectivity index (χ3v) is 5.61. The van der Waals surface area contributed by atoms with E-state index in [4.69, 9.17) is 4.98 Å². The van der Waals surface area contributed by atoms with Crippen LogP contribution in [0.15, 0.2) is 46.1 Å². The standard InChI is InChI=1S/C20H25N5S2.HI/c1-4-21-20(22-10-18-24-16(12-26-18)14(2)3)23-11-19-25-17(13-27-19)15-8-6-5-7-9-15;/h5-9,12-14H,4,10-11H2,1-3H3,(H2,21,22,23);1H. The molecule has 3 aromatic rings. The van der Waals surface area contributed by atoms with Crippen LogP contribution in [0.4, 0.5) is 0 Å². The van der Waals surface area contributed by atoms with Gasteiger partial charge in [-0.05, 0) is 12.8 Å². The van der Waals surface area contributed by atoms with Crippen molar-refractivity contribution in [3.05, 3.63) is 56.8 Å². The van der Waals surface area contributed by atoms with E-state index in [1.54, 1.807) is 22.7 Å². The van der Waals surface area contributed by atoms with Crippen molar-refractivity contribution in [3.63, 3.8) is 0 Å². The minimum atomic E-state index is 0. The predicted molar refractivity (Wildman–Crippen MR) is 131 cm³/mol. The number of benzene rings is 1. The van der Waals surface area contributed by atoms with Gasteiger partial charge in [-0.1, -0.05) is 44.2 Å². The lowest BCUT2D eigenvalue weighted by atomic mass is 10.2. The highest BCUT2D eigenvalue weighted by Gasteiger charge is 2.07. The number of hydrogen-bond donors (Lipinski definition) is 2. The second-order valence-corrected chi connectivity index (χ2v) is 8.25. The zero-order valence-corrected chi connectivity index (χ0v) is 20.3. The fourth-order valence-corrected chi connectivity index (χ4v) is 4.07. The maximum Gasteiger partial charge on any atom is 0.192 e. The van der Waals surface area contributed by atoms with E-state index in [9.17, 15) is 0 Å². The number of aliphatic imine (C=N–C) groups is 1. The molecule has 0 aliphatic rings. The molecule has 0 spiro atoms. The fourth-order valence-electron chi connectivity index (χ4n) is 2.44. The highest BCUT2D eigenvalue weighted by Crippen LogP contribution is 2.21. The lowest BCUT2D eigenvalue weighted by Gasteiger charge is -2.09. The quantitative estimate of drug-likeness (QED) is 0.250. The number of nitrogens with zero attached hydrogens (tertiary/aromatic N) is 3. The Morgan fingerprint density at radius 3 is 2.46 bits per heavy atom. The first-order valence-electron chi connectivity index (χ1n) is 9.12. The molecule has 0 radical (unpaired) electrons. The molecule has 0 atom stereocenters. The van der Waals surface area contributed by atoms with Crippen molar-refractivity contribution in [2.75, 3.05) is 6.54 Å². The molecule has 0 amide bonds. The number of guanidine groups is 1. The average Bonchev–Trinajstić information content (AvgIpc) is 3.34. The average molecular weight is 528 g/mol. The Bertz CT molecular complexity index is 874. The molecule has 0 saturated carbocycles. The van der Waals surface area contributed by atoms with E-state index in [1.807, 2.05) is 18.2 Å². The molecule has 0 fully saturated rings. The molecule has 3 rings (SSSR count). The zero-order chi connectivity index (χ0) is 19.1. The number of rotatable bonds is 7. The smallest absolute Gasteiger partial charge is 0.192 e. The topological polar surface area (TPSA) is 62.2 Å². The molecule has 0 saturated heterocycles. The lowest BCUT2D eigenvalue weighted by molar-refractivity contribution is 0.801. The van der Waals surface area contributed by atoms with Crippen LogP contribution in [0.25, 0.3) is 11.3 Å². The van der Waals surface area contributed by atoms with Crippen LogP contribution in [0.3, 0.4) is 0 Å². The Morgan fingerprint density at radius 1 is 1.04 bits per heavy atom. The monoisotopic (exact) mass is 527 g/mol. The third-order valence-electron chi connectivity index (χ3n) is 3.91. The van der Waals surface area contributed by atoms with E-state index in [-0.39, 0.29) is 24.0 Å². The predicted octanol–water partition coefficient (Wildman–Crippen LogP) is 5.26. The van der Waals surface area contributed by atoms with E-state index in [0.29, 0.717) is 19.0 Å². The van der Waals surface area contributed by atoms with Gasteiger partial charge in [0.15, 0.2) is 5.96 Å². The van der Waals surface area contributed by atoms with Crippen molar-refractivity contribution in [1.29, 1.82) is 0 Å². The first-order chi connectivity index (χ1) is 13.2. The molecule has 0 unspecified atom stereocenters. The highest BCUT2D eigenvalue weighted by molar-refractivity contribution is 14.0. The van der Waals surface area contributed by atoms with Gasteiger partial charge in [-0.25, -0.2) is 15.0 Å². The first kappa shape index (κ1) is 22.8. The summed E-state index contributed by atoms with van der Waals surface area (Å²) in [5, 5.41) is 12.9. The second-order valence-electron chi connectivity index (χ2n) is 6.36. The van der Waals surface area contributed by atoms with Gasteiger partial charge in [-0.2, -0.15) is 0 Å². The highest BCUT2D eigenvalue weighted by atomic mass is 127. The summed E-state index contributed by atoms with van der Waals surface area (Å²) in [6, 6.07) is 10.2. The van der Waals surface area contributed by atoms with Crippen LogP contribution in [-0.4, -0.2) is 22.5 Å². The van der Waals surface area contributed by atoms with E-state index in [0.717, 1.165) is 39.5 Å². The van der Waals surface area contributed by atoms with Crippen LogP contribution in [0.1, 0.15) is 42.4 Å². The molecule has 5 nitrogen and oxygen atoms in total. The van der Waals surface area contributed by atoms with Crippen molar-refractivity contribution >= 4 is 52.6 Å². The Morgan fingerprint density at radius 2 is 1.79 bits per heavy atom. The van der Waals surface area contributed by atoms with Crippen molar-refractivity contribution in [1.82, 2.24) is 20.6 Å². The minimum Gasteiger partial charge on any atom is -0.357 e. The fraction of sp³-hybridized carbons (Fsp3) is 0.350. The van der Waals surface area contributed by atoms with Crippen LogP contribution < -0.4 is 10.6 Å². The third kappa shape index (κ3) is 6.52. The summed E-state index contributed by atoms with van der Waals surface area (Å²) in [6.45, 7) is 8.43. The van der Waals surface area contributed by atoms with E-state index >= 15 is 0 Å². The Labute approximate surface area is 191 Å². The summed E-state index contributed by atoms with van der Waals surface area (Å²) in [5.41, 5.74) is 3.30. The van der Waals surface area contributed by atoms with Crippen LogP contribution in [0, 0.1) is 0 Å². The van der Waals surface area contributed by atoms with Crippen LogP contribution in [0.5, 0.6) is 0 Å². The zero-order valence-electron chi connectivity index (χ0n) is 16.3. The van der Waals surface area contributed by atoms with Gasteiger partial charge >= 0.3 is 0 Å². The van der Waals surface area contributed by atoms with Gasteiger partial charge in [0.25, 0.3) is 0 Å². The van der Waals surface area contributed by atoms with Crippen LogP contribution >= 0.6 is 46.7 Å². The Hall–Kier alpha value is -1.52. The maximum absolute atomic E-state index is 4.72. The van der Waals surface area contributed by atoms with E-state index < -0.39 is 0 Å². The molecule has 0 aliphatic carbocycles. The van der Waals surface area contributed by atoms with Gasteiger partial charge in [-0.15, -0.1) is 46.7 Å². The molecular weight excluding hydrogens is 501 g/mol. The summed E-state index contributed by atoms with van der Waals surface area (Å²) >= 11 is 3.33. The van der Waals surface area contributed by atoms with Crippen LogP contribution in [0.2, 0.25) is 0 Å².